The van der Waals surface area contributed by atoms with Crippen LogP contribution in [0, 0.1) is 0 Å². The summed E-state index contributed by atoms with van der Waals surface area (Å²) in [5.41, 5.74) is 0.418. The third kappa shape index (κ3) is 4.47. The number of ether oxygens (including phenoxy) is 1. The first kappa shape index (κ1) is 20.4. The first-order valence-electron chi connectivity index (χ1n) is 10.0. The Morgan fingerprint density at radius 1 is 0.933 bits per heavy atom. The molecule has 1 amide bonds. The predicted octanol–water partition coefficient (Wildman–Crippen LogP) is 3.43. The van der Waals surface area contributed by atoms with Crippen LogP contribution in [0.4, 0.5) is 0 Å². The number of rotatable bonds is 7. The minimum atomic E-state index is -3.47. The first-order valence-corrected chi connectivity index (χ1v) is 11.5. The molecule has 3 aromatic rings. The van der Waals surface area contributed by atoms with Gasteiger partial charge in [-0.15, -0.1) is 0 Å². The lowest BCUT2D eigenvalue weighted by Gasteiger charge is -2.15. The SMILES string of the molecule is O=C(NCCOc1ccc2ccccc2c1)c1ccc(S(=O)(=O)N2CCCC2)cc1. The second-order valence-corrected chi connectivity index (χ2v) is 9.19. The number of benzene rings is 3. The highest BCUT2D eigenvalue weighted by Gasteiger charge is 2.27. The van der Waals surface area contributed by atoms with E-state index in [4.69, 9.17) is 4.74 Å². The Morgan fingerprint density at radius 2 is 1.63 bits per heavy atom. The van der Waals surface area contributed by atoms with E-state index in [0.717, 1.165) is 29.4 Å². The Balaban J connectivity index is 1.29. The molecule has 1 saturated heterocycles. The van der Waals surface area contributed by atoms with E-state index in [9.17, 15) is 13.2 Å². The summed E-state index contributed by atoms with van der Waals surface area (Å²) in [7, 11) is -3.47. The number of hydrogen-bond donors (Lipinski definition) is 1. The van der Waals surface area contributed by atoms with Gasteiger partial charge >= 0.3 is 0 Å². The van der Waals surface area contributed by atoms with Crippen molar-refractivity contribution in [3.8, 4) is 5.75 Å². The van der Waals surface area contributed by atoms with Crippen molar-refractivity contribution in [2.75, 3.05) is 26.2 Å². The van der Waals surface area contributed by atoms with E-state index in [0.29, 0.717) is 31.8 Å². The molecule has 4 rings (SSSR count). The van der Waals surface area contributed by atoms with E-state index in [1.807, 2.05) is 42.5 Å². The summed E-state index contributed by atoms with van der Waals surface area (Å²) < 4.78 is 32.3. The molecule has 1 fully saturated rings. The Morgan fingerprint density at radius 3 is 2.37 bits per heavy atom. The molecule has 0 spiro atoms. The van der Waals surface area contributed by atoms with Crippen molar-refractivity contribution in [2.24, 2.45) is 0 Å². The molecule has 0 radical (unpaired) electrons. The van der Waals surface area contributed by atoms with E-state index in [1.54, 1.807) is 12.1 Å². The monoisotopic (exact) mass is 424 g/mol. The van der Waals surface area contributed by atoms with Crippen molar-refractivity contribution >= 4 is 26.7 Å². The fourth-order valence-electron chi connectivity index (χ4n) is 3.55. The van der Waals surface area contributed by atoms with Gasteiger partial charge in [0.25, 0.3) is 5.91 Å². The minimum absolute atomic E-state index is 0.223. The Hall–Kier alpha value is -2.90. The van der Waals surface area contributed by atoms with E-state index in [2.05, 4.69) is 5.32 Å². The molecule has 0 aromatic heterocycles. The molecular weight excluding hydrogens is 400 g/mol. The molecule has 6 nitrogen and oxygen atoms in total. The maximum Gasteiger partial charge on any atom is 0.251 e. The molecule has 7 heteroatoms. The van der Waals surface area contributed by atoms with Crippen LogP contribution in [-0.2, 0) is 10.0 Å². The average Bonchev–Trinajstić information content (AvgIpc) is 3.32. The number of fused-ring (bicyclic) bond motifs is 1. The number of hydrogen-bond acceptors (Lipinski definition) is 4. The van der Waals surface area contributed by atoms with Crippen LogP contribution in [0.25, 0.3) is 10.8 Å². The zero-order chi connectivity index (χ0) is 21.0. The van der Waals surface area contributed by atoms with Gasteiger partial charge in [0.05, 0.1) is 11.4 Å². The Bertz CT molecular complexity index is 1140. The fourth-order valence-corrected chi connectivity index (χ4v) is 5.07. The van der Waals surface area contributed by atoms with Crippen LogP contribution in [-0.4, -0.2) is 44.9 Å². The lowest BCUT2D eigenvalue weighted by Crippen LogP contribution is -2.29. The topological polar surface area (TPSA) is 75.7 Å². The van der Waals surface area contributed by atoms with E-state index < -0.39 is 10.0 Å². The van der Waals surface area contributed by atoms with Crippen molar-refractivity contribution in [2.45, 2.75) is 17.7 Å². The molecule has 0 atom stereocenters. The largest absolute Gasteiger partial charge is 0.492 e. The van der Waals surface area contributed by atoms with Crippen molar-refractivity contribution in [1.29, 1.82) is 0 Å². The van der Waals surface area contributed by atoms with Gasteiger partial charge in [-0.05, 0) is 60.0 Å². The van der Waals surface area contributed by atoms with Crippen LogP contribution in [0.2, 0.25) is 0 Å². The van der Waals surface area contributed by atoms with Gasteiger partial charge in [-0.3, -0.25) is 4.79 Å². The molecule has 1 heterocycles. The smallest absolute Gasteiger partial charge is 0.251 e. The van der Waals surface area contributed by atoms with Gasteiger partial charge in [0.15, 0.2) is 0 Å². The Labute approximate surface area is 176 Å². The second-order valence-electron chi connectivity index (χ2n) is 7.25. The van der Waals surface area contributed by atoms with Crippen molar-refractivity contribution < 1.29 is 17.9 Å². The molecule has 0 unspecified atom stereocenters. The number of amides is 1. The molecule has 0 aliphatic carbocycles. The summed E-state index contributed by atoms with van der Waals surface area (Å²) in [4.78, 5) is 12.5. The number of nitrogens with one attached hydrogen (secondary N) is 1. The highest BCUT2D eigenvalue weighted by Crippen LogP contribution is 2.22. The number of nitrogens with zero attached hydrogens (tertiary/aromatic N) is 1. The zero-order valence-corrected chi connectivity index (χ0v) is 17.4. The van der Waals surface area contributed by atoms with Crippen LogP contribution < -0.4 is 10.1 Å². The normalized spacial score (nSPS) is 14.7. The molecule has 0 bridgehead atoms. The second kappa shape index (κ2) is 8.85. The molecular formula is C23H24N2O4S. The molecule has 30 heavy (non-hydrogen) atoms. The number of sulfonamides is 1. The van der Waals surface area contributed by atoms with Crippen LogP contribution in [0.3, 0.4) is 0 Å². The van der Waals surface area contributed by atoms with Gasteiger partial charge in [-0.1, -0.05) is 30.3 Å². The summed E-state index contributed by atoms with van der Waals surface area (Å²) in [6.07, 6.45) is 1.78. The third-order valence-corrected chi connectivity index (χ3v) is 7.11. The van der Waals surface area contributed by atoms with Crippen LogP contribution in [0.1, 0.15) is 23.2 Å². The van der Waals surface area contributed by atoms with Gasteiger partial charge in [-0.2, -0.15) is 4.31 Å². The predicted molar refractivity (Wildman–Crippen MR) is 116 cm³/mol. The standard InChI is InChI=1S/C23H24N2O4S/c26-23(19-8-11-22(12-9-19)30(27,28)25-14-3-4-15-25)24-13-16-29-21-10-7-18-5-1-2-6-20(18)17-21/h1-2,5-12,17H,3-4,13-16H2,(H,24,26). The summed E-state index contributed by atoms with van der Waals surface area (Å²) in [6.45, 7) is 1.80. The number of carbonyl (C=O) groups excluding carboxylic acids is 1. The molecule has 156 valence electrons. The van der Waals surface area contributed by atoms with Gasteiger partial charge in [-0.25, -0.2) is 8.42 Å². The van der Waals surface area contributed by atoms with Gasteiger partial charge < -0.3 is 10.1 Å². The van der Waals surface area contributed by atoms with Gasteiger partial charge in [0.1, 0.15) is 12.4 Å². The van der Waals surface area contributed by atoms with Crippen molar-refractivity contribution in [3.05, 3.63) is 72.3 Å². The van der Waals surface area contributed by atoms with E-state index in [1.165, 1.54) is 16.4 Å². The number of carbonyl (C=O) groups is 1. The maximum atomic E-state index is 12.6. The Kier molecular flexibility index (Phi) is 6.01. The molecule has 1 N–H and O–H groups in total. The van der Waals surface area contributed by atoms with Gasteiger partial charge in [0, 0.05) is 18.7 Å². The van der Waals surface area contributed by atoms with E-state index in [-0.39, 0.29) is 10.8 Å². The zero-order valence-electron chi connectivity index (χ0n) is 16.6. The average molecular weight is 425 g/mol. The van der Waals surface area contributed by atoms with Crippen molar-refractivity contribution in [1.82, 2.24) is 9.62 Å². The molecule has 1 aliphatic rings. The van der Waals surface area contributed by atoms with Crippen LogP contribution in [0.15, 0.2) is 71.6 Å². The third-order valence-electron chi connectivity index (χ3n) is 5.20. The summed E-state index contributed by atoms with van der Waals surface area (Å²) in [5.74, 6) is 0.488. The quantitative estimate of drug-likeness (QED) is 0.590. The van der Waals surface area contributed by atoms with Crippen LogP contribution in [0.5, 0.6) is 5.75 Å². The summed E-state index contributed by atoms with van der Waals surface area (Å²) >= 11 is 0. The van der Waals surface area contributed by atoms with Crippen LogP contribution >= 0.6 is 0 Å². The van der Waals surface area contributed by atoms with Crippen molar-refractivity contribution in [3.63, 3.8) is 0 Å². The maximum absolute atomic E-state index is 12.6. The van der Waals surface area contributed by atoms with E-state index >= 15 is 0 Å². The highest BCUT2D eigenvalue weighted by atomic mass is 32.2. The fraction of sp³-hybridized carbons (Fsp3) is 0.261. The molecule has 0 saturated carbocycles. The lowest BCUT2D eigenvalue weighted by molar-refractivity contribution is 0.0947. The van der Waals surface area contributed by atoms with Gasteiger partial charge in [0.2, 0.25) is 10.0 Å². The molecule has 1 aliphatic heterocycles. The lowest BCUT2D eigenvalue weighted by atomic mass is 10.1. The molecule has 3 aromatic carbocycles. The highest BCUT2D eigenvalue weighted by molar-refractivity contribution is 7.89. The minimum Gasteiger partial charge on any atom is -0.492 e. The summed E-state index contributed by atoms with van der Waals surface area (Å²) in [6, 6.07) is 20.0. The summed E-state index contributed by atoms with van der Waals surface area (Å²) in [5, 5.41) is 5.04. The first-order chi connectivity index (χ1) is 14.5.